The number of fused-ring (bicyclic) bond motifs is 6. The number of alkyl carbamates (subject to hydrolysis) is 2. The van der Waals surface area contributed by atoms with Crippen molar-refractivity contribution in [3.8, 4) is 22.3 Å². The van der Waals surface area contributed by atoms with Gasteiger partial charge in [0.2, 0.25) is 0 Å². The highest BCUT2D eigenvalue weighted by molar-refractivity contribution is 5.80. The minimum atomic E-state index is -0.459. The fourth-order valence-electron chi connectivity index (χ4n) is 6.51. The van der Waals surface area contributed by atoms with Gasteiger partial charge in [-0.2, -0.15) is 0 Å². The average Bonchev–Trinajstić information content (AvgIpc) is 3.65. The SMILES string of the molecule is O=C(NCCOCCOCCOCCOCCNC(=O)OCC1c2ccccc2-c2ccccc21)OCC1c2ccccc2-c2ccccc21. The van der Waals surface area contributed by atoms with Gasteiger partial charge in [0.25, 0.3) is 0 Å². The van der Waals surface area contributed by atoms with E-state index in [1.807, 2.05) is 48.5 Å². The molecule has 6 rings (SSSR count). The lowest BCUT2D eigenvalue weighted by molar-refractivity contribution is -0.00112. The van der Waals surface area contributed by atoms with Crippen LogP contribution in [0.15, 0.2) is 97.1 Å². The molecule has 4 aromatic carbocycles. The summed E-state index contributed by atoms with van der Waals surface area (Å²) in [5.41, 5.74) is 9.52. The normalized spacial score (nSPS) is 12.9. The van der Waals surface area contributed by atoms with Gasteiger partial charge in [-0.3, -0.25) is 0 Å². The molecule has 0 heterocycles. The molecule has 2 aliphatic rings. The molecular weight excluding hydrogens is 636 g/mol. The first kappa shape index (κ1) is 35.1. The molecule has 0 spiro atoms. The van der Waals surface area contributed by atoms with Crippen molar-refractivity contribution in [1.82, 2.24) is 10.6 Å². The van der Waals surface area contributed by atoms with Crippen molar-refractivity contribution < 1.29 is 38.0 Å². The molecule has 2 N–H and O–H groups in total. The van der Waals surface area contributed by atoms with E-state index in [-0.39, 0.29) is 25.0 Å². The fourth-order valence-corrected chi connectivity index (χ4v) is 6.51. The minimum absolute atomic E-state index is 0.0317. The van der Waals surface area contributed by atoms with E-state index in [0.717, 1.165) is 0 Å². The van der Waals surface area contributed by atoms with Crippen LogP contribution in [0.1, 0.15) is 34.1 Å². The molecule has 0 unspecified atom stereocenters. The van der Waals surface area contributed by atoms with Crippen molar-refractivity contribution in [2.75, 3.05) is 79.2 Å². The molecule has 2 aliphatic carbocycles. The highest BCUT2D eigenvalue weighted by atomic mass is 16.6. The van der Waals surface area contributed by atoms with Crippen LogP contribution in [0.2, 0.25) is 0 Å². The second-order valence-corrected chi connectivity index (χ2v) is 12.0. The van der Waals surface area contributed by atoms with Crippen LogP contribution in [0.4, 0.5) is 9.59 Å². The van der Waals surface area contributed by atoms with Gasteiger partial charge in [0.15, 0.2) is 0 Å². The van der Waals surface area contributed by atoms with Gasteiger partial charge in [0.05, 0.1) is 52.9 Å². The standard InChI is InChI=1S/C40H44N2O8/c43-39(49-27-37-33-13-5-1-9-29(33)30-10-2-6-14-34(30)37)41-17-19-45-21-23-47-25-26-48-24-22-46-20-18-42-40(44)50-28-38-35-15-7-3-11-31(35)32-12-4-8-16-36(32)38/h1-16,37-38H,17-28H2,(H,41,43)(H,42,44). The third-order valence-electron chi connectivity index (χ3n) is 8.83. The Bertz CT molecular complexity index is 1500. The molecule has 4 aromatic rings. The van der Waals surface area contributed by atoms with Crippen molar-refractivity contribution >= 4 is 12.2 Å². The number of carbonyl (C=O) groups is 2. The molecule has 2 amide bonds. The molecule has 50 heavy (non-hydrogen) atoms. The van der Waals surface area contributed by atoms with Gasteiger partial charge < -0.3 is 39.1 Å². The summed E-state index contributed by atoms with van der Waals surface area (Å²) < 4.78 is 33.2. The van der Waals surface area contributed by atoms with Gasteiger partial charge in [0, 0.05) is 24.9 Å². The number of ether oxygens (including phenoxy) is 6. The Labute approximate surface area is 293 Å². The molecule has 0 saturated carbocycles. The maximum atomic E-state index is 12.3. The molecular formula is C40H44N2O8. The van der Waals surface area contributed by atoms with Crippen molar-refractivity contribution in [3.63, 3.8) is 0 Å². The van der Waals surface area contributed by atoms with Gasteiger partial charge in [-0.1, -0.05) is 97.1 Å². The molecule has 10 heteroatoms. The van der Waals surface area contributed by atoms with Gasteiger partial charge >= 0.3 is 12.2 Å². The van der Waals surface area contributed by atoms with Crippen LogP contribution in [0.25, 0.3) is 22.3 Å². The number of rotatable bonds is 19. The maximum Gasteiger partial charge on any atom is 0.407 e. The fraction of sp³-hybridized carbons (Fsp3) is 0.350. The lowest BCUT2D eigenvalue weighted by atomic mass is 9.98. The summed E-state index contributed by atoms with van der Waals surface area (Å²) in [6.45, 7) is 4.51. The van der Waals surface area contributed by atoms with Crippen molar-refractivity contribution in [2.24, 2.45) is 0 Å². The molecule has 0 atom stereocenters. The van der Waals surface area contributed by atoms with Crippen LogP contribution >= 0.6 is 0 Å². The zero-order valence-electron chi connectivity index (χ0n) is 28.1. The highest BCUT2D eigenvalue weighted by Crippen LogP contribution is 2.45. The highest BCUT2D eigenvalue weighted by Gasteiger charge is 2.30. The van der Waals surface area contributed by atoms with E-state index in [1.54, 1.807) is 0 Å². The van der Waals surface area contributed by atoms with Crippen LogP contribution < -0.4 is 10.6 Å². The van der Waals surface area contributed by atoms with Gasteiger partial charge in [-0.25, -0.2) is 9.59 Å². The predicted octanol–water partition coefficient (Wildman–Crippen LogP) is 6.13. The largest absolute Gasteiger partial charge is 0.449 e. The Morgan fingerprint density at radius 1 is 0.420 bits per heavy atom. The van der Waals surface area contributed by atoms with Crippen LogP contribution in [0.3, 0.4) is 0 Å². The van der Waals surface area contributed by atoms with Crippen LogP contribution in [-0.4, -0.2) is 91.3 Å². The number of nitrogens with one attached hydrogen (secondary N) is 2. The summed E-state index contributed by atoms with van der Waals surface area (Å²) in [6.07, 6.45) is -0.917. The van der Waals surface area contributed by atoms with E-state index >= 15 is 0 Å². The maximum absolute atomic E-state index is 12.3. The van der Waals surface area contributed by atoms with E-state index in [0.29, 0.717) is 65.9 Å². The lowest BCUT2D eigenvalue weighted by Gasteiger charge is -2.14. The number of benzene rings is 4. The first-order valence-electron chi connectivity index (χ1n) is 17.2. The molecule has 10 nitrogen and oxygen atoms in total. The second kappa shape index (κ2) is 18.3. The first-order chi connectivity index (χ1) is 24.7. The van der Waals surface area contributed by atoms with Crippen LogP contribution in [0, 0.1) is 0 Å². The Morgan fingerprint density at radius 3 is 1.02 bits per heavy atom. The third kappa shape index (κ3) is 9.08. The zero-order chi connectivity index (χ0) is 34.4. The second-order valence-electron chi connectivity index (χ2n) is 12.0. The summed E-state index contributed by atoms with van der Waals surface area (Å²) in [6, 6.07) is 33.0. The quantitative estimate of drug-likeness (QED) is 0.114. The molecule has 0 radical (unpaired) electrons. The summed E-state index contributed by atoms with van der Waals surface area (Å²) >= 11 is 0. The Morgan fingerprint density at radius 2 is 0.700 bits per heavy atom. The van der Waals surface area contributed by atoms with Crippen molar-refractivity contribution in [3.05, 3.63) is 119 Å². The number of carbonyl (C=O) groups excluding carboxylic acids is 2. The topological polar surface area (TPSA) is 114 Å². The first-order valence-corrected chi connectivity index (χ1v) is 17.2. The van der Waals surface area contributed by atoms with Gasteiger partial charge in [0.1, 0.15) is 13.2 Å². The third-order valence-corrected chi connectivity index (χ3v) is 8.83. The summed E-state index contributed by atoms with van der Waals surface area (Å²) in [4.78, 5) is 24.5. The Hall–Kier alpha value is -4.74. The molecule has 0 saturated heterocycles. The van der Waals surface area contributed by atoms with E-state index in [2.05, 4.69) is 59.2 Å². The Balaban J connectivity index is 0.712. The number of hydrogen-bond acceptors (Lipinski definition) is 8. The molecule has 0 aliphatic heterocycles. The minimum Gasteiger partial charge on any atom is -0.449 e. The monoisotopic (exact) mass is 680 g/mol. The number of hydrogen-bond donors (Lipinski definition) is 2. The van der Waals surface area contributed by atoms with Crippen LogP contribution in [-0.2, 0) is 28.4 Å². The van der Waals surface area contributed by atoms with E-state index in [9.17, 15) is 9.59 Å². The molecule has 0 fully saturated rings. The molecule has 262 valence electrons. The smallest absolute Gasteiger partial charge is 0.407 e. The van der Waals surface area contributed by atoms with Crippen molar-refractivity contribution in [1.29, 1.82) is 0 Å². The average molecular weight is 681 g/mol. The van der Waals surface area contributed by atoms with E-state index in [1.165, 1.54) is 44.5 Å². The van der Waals surface area contributed by atoms with E-state index in [4.69, 9.17) is 28.4 Å². The van der Waals surface area contributed by atoms with Gasteiger partial charge in [-0.05, 0) is 44.5 Å². The van der Waals surface area contributed by atoms with Crippen LogP contribution in [0.5, 0.6) is 0 Å². The lowest BCUT2D eigenvalue weighted by Crippen LogP contribution is -2.29. The van der Waals surface area contributed by atoms with Crippen molar-refractivity contribution in [2.45, 2.75) is 11.8 Å². The Kier molecular flexibility index (Phi) is 12.9. The number of amides is 2. The van der Waals surface area contributed by atoms with E-state index < -0.39 is 12.2 Å². The molecule has 0 aromatic heterocycles. The summed E-state index contributed by atoms with van der Waals surface area (Å²) in [7, 11) is 0. The predicted molar refractivity (Wildman–Crippen MR) is 189 cm³/mol. The molecule has 0 bridgehead atoms. The summed E-state index contributed by atoms with van der Waals surface area (Å²) in [5, 5.41) is 5.48. The van der Waals surface area contributed by atoms with Gasteiger partial charge in [-0.15, -0.1) is 0 Å². The summed E-state index contributed by atoms with van der Waals surface area (Å²) in [5.74, 6) is 0.0635. The zero-order valence-corrected chi connectivity index (χ0v) is 28.1.